The van der Waals surface area contributed by atoms with Crippen LogP contribution in [0.5, 0.6) is 5.75 Å². The van der Waals surface area contributed by atoms with Gasteiger partial charge < -0.3 is 30.2 Å². The number of aryl methyl sites for hydroxylation is 1. The number of methoxy groups -OCH3 is 1. The van der Waals surface area contributed by atoms with E-state index in [1.165, 1.54) is 12.1 Å². The fourth-order valence-corrected chi connectivity index (χ4v) is 3.72. The normalized spacial score (nSPS) is 11.3. The first-order valence-corrected chi connectivity index (χ1v) is 10.8. The van der Waals surface area contributed by atoms with Crippen LogP contribution in [0.3, 0.4) is 0 Å². The molecule has 0 saturated carbocycles. The van der Waals surface area contributed by atoms with Gasteiger partial charge in [-0.2, -0.15) is 0 Å². The largest absolute Gasteiger partial charge is 0.494 e. The molecule has 0 atom stereocenters. The zero-order chi connectivity index (χ0) is 24.4. The van der Waals surface area contributed by atoms with Gasteiger partial charge in [0.05, 0.1) is 35.2 Å². The predicted octanol–water partition coefficient (Wildman–Crippen LogP) is 3.50. The standard InChI is InChI=1S/C24H29FN8O/c1-31(2)10-11-32(3)21-14-22(34-5)19(13-16(21)26)30-24-27-9-8-17(29-24)23-28-18-12-15(25)6-7-20(18)33(23)4/h6-9,12-14H,10-11,26H2,1-5H3,(H,27,29,30). The topological polar surface area (TPSA) is 97.4 Å². The molecule has 3 N–H and O–H groups in total. The van der Waals surface area contributed by atoms with Crippen molar-refractivity contribution >= 4 is 34.0 Å². The fraction of sp³-hybridized carbons (Fsp3) is 0.292. The first-order chi connectivity index (χ1) is 16.3. The summed E-state index contributed by atoms with van der Waals surface area (Å²) in [6, 6.07) is 10.00. The Bertz CT molecular complexity index is 1320. The monoisotopic (exact) mass is 464 g/mol. The van der Waals surface area contributed by atoms with Gasteiger partial charge in [-0.05, 0) is 38.4 Å². The van der Waals surface area contributed by atoms with Crippen LogP contribution in [0.1, 0.15) is 0 Å². The molecule has 0 radical (unpaired) electrons. The molecule has 178 valence electrons. The van der Waals surface area contributed by atoms with Crippen molar-refractivity contribution in [2.24, 2.45) is 7.05 Å². The Kier molecular flexibility index (Phi) is 6.51. The lowest BCUT2D eigenvalue weighted by molar-refractivity contribution is 0.413. The summed E-state index contributed by atoms with van der Waals surface area (Å²) < 4.78 is 21.1. The molecular weight excluding hydrogens is 435 g/mol. The number of benzene rings is 2. The molecule has 34 heavy (non-hydrogen) atoms. The van der Waals surface area contributed by atoms with E-state index in [4.69, 9.17) is 10.5 Å². The van der Waals surface area contributed by atoms with Crippen molar-refractivity contribution in [3.05, 3.63) is 48.4 Å². The van der Waals surface area contributed by atoms with Gasteiger partial charge in [0.2, 0.25) is 5.95 Å². The molecule has 0 aliphatic rings. The van der Waals surface area contributed by atoms with Crippen LogP contribution < -0.4 is 20.7 Å². The molecule has 0 fully saturated rings. The Morgan fingerprint density at radius 1 is 1.09 bits per heavy atom. The van der Waals surface area contributed by atoms with Gasteiger partial charge in [-0.3, -0.25) is 0 Å². The average Bonchev–Trinajstić information content (AvgIpc) is 3.13. The summed E-state index contributed by atoms with van der Waals surface area (Å²) >= 11 is 0. The van der Waals surface area contributed by atoms with Crippen LogP contribution >= 0.6 is 0 Å². The molecule has 9 nitrogen and oxygen atoms in total. The van der Waals surface area contributed by atoms with E-state index in [1.54, 1.807) is 25.4 Å². The number of fused-ring (bicyclic) bond motifs is 1. The van der Waals surface area contributed by atoms with E-state index >= 15 is 0 Å². The Morgan fingerprint density at radius 3 is 2.62 bits per heavy atom. The summed E-state index contributed by atoms with van der Waals surface area (Å²) in [7, 11) is 9.54. The quantitative estimate of drug-likeness (QED) is 0.383. The average molecular weight is 465 g/mol. The van der Waals surface area contributed by atoms with Crippen LogP contribution in [-0.4, -0.2) is 65.8 Å². The van der Waals surface area contributed by atoms with Crippen molar-refractivity contribution in [1.82, 2.24) is 24.4 Å². The SMILES string of the molecule is COc1cc(N(C)CCN(C)C)c(N)cc1Nc1nccc(-c2nc3cc(F)ccc3n2C)n1. The number of aromatic nitrogens is 4. The minimum Gasteiger partial charge on any atom is -0.494 e. The molecule has 10 heteroatoms. The van der Waals surface area contributed by atoms with E-state index in [-0.39, 0.29) is 5.82 Å². The van der Waals surface area contributed by atoms with E-state index in [1.807, 2.05) is 44.9 Å². The third-order valence-electron chi connectivity index (χ3n) is 5.62. The minimum absolute atomic E-state index is 0.331. The van der Waals surface area contributed by atoms with E-state index in [9.17, 15) is 4.39 Å². The number of nitrogens with zero attached hydrogens (tertiary/aromatic N) is 6. The summed E-state index contributed by atoms with van der Waals surface area (Å²) in [5, 5.41) is 3.20. The van der Waals surface area contributed by atoms with Crippen molar-refractivity contribution in [2.45, 2.75) is 0 Å². The van der Waals surface area contributed by atoms with E-state index in [0.717, 1.165) is 24.3 Å². The van der Waals surface area contributed by atoms with E-state index in [0.29, 0.717) is 40.1 Å². The molecule has 0 unspecified atom stereocenters. The summed E-state index contributed by atoms with van der Waals surface area (Å²) in [5.74, 6) is 1.26. The molecule has 0 amide bonds. The lowest BCUT2D eigenvalue weighted by atomic mass is 10.2. The molecule has 4 rings (SSSR count). The van der Waals surface area contributed by atoms with Gasteiger partial charge in [0.25, 0.3) is 0 Å². The number of likely N-dealkylation sites (N-methyl/N-ethyl adjacent to an activating group) is 2. The van der Waals surface area contributed by atoms with Crippen LogP contribution in [0.4, 0.5) is 27.4 Å². The summed E-state index contributed by atoms with van der Waals surface area (Å²) in [6.45, 7) is 1.72. The summed E-state index contributed by atoms with van der Waals surface area (Å²) in [4.78, 5) is 17.7. The van der Waals surface area contributed by atoms with Gasteiger partial charge in [-0.15, -0.1) is 0 Å². The van der Waals surface area contributed by atoms with E-state index < -0.39 is 0 Å². The van der Waals surface area contributed by atoms with Crippen molar-refractivity contribution < 1.29 is 9.13 Å². The smallest absolute Gasteiger partial charge is 0.227 e. The number of imidazole rings is 1. The fourth-order valence-electron chi connectivity index (χ4n) is 3.72. The molecule has 0 aliphatic carbocycles. The number of nitrogens with two attached hydrogens (primary N) is 1. The number of anilines is 4. The maximum absolute atomic E-state index is 13.6. The van der Waals surface area contributed by atoms with Gasteiger partial charge in [-0.1, -0.05) is 0 Å². The zero-order valence-corrected chi connectivity index (χ0v) is 20.0. The number of nitrogens with one attached hydrogen (secondary N) is 1. The van der Waals surface area contributed by atoms with Gasteiger partial charge in [-0.25, -0.2) is 19.3 Å². The van der Waals surface area contributed by atoms with Gasteiger partial charge in [0.15, 0.2) is 5.82 Å². The molecular formula is C24H29FN8O. The second-order valence-electron chi connectivity index (χ2n) is 8.35. The number of rotatable bonds is 8. The third kappa shape index (κ3) is 4.72. The second kappa shape index (κ2) is 9.52. The zero-order valence-electron chi connectivity index (χ0n) is 20.0. The number of hydrogen-bond donors (Lipinski definition) is 2. The molecule has 0 bridgehead atoms. The molecule has 2 aromatic heterocycles. The Morgan fingerprint density at radius 2 is 1.88 bits per heavy atom. The predicted molar refractivity (Wildman–Crippen MR) is 134 cm³/mol. The van der Waals surface area contributed by atoms with Crippen LogP contribution in [0.15, 0.2) is 42.6 Å². The van der Waals surface area contributed by atoms with Crippen molar-refractivity contribution in [1.29, 1.82) is 0 Å². The van der Waals surface area contributed by atoms with Crippen LogP contribution in [0.25, 0.3) is 22.6 Å². The van der Waals surface area contributed by atoms with Crippen LogP contribution in [0.2, 0.25) is 0 Å². The lowest BCUT2D eigenvalue weighted by Crippen LogP contribution is -2.29. The Balaban J connectivity index is 1.63. The van der Waals surface area contributed by atoms with Gasteiger partial charge in [0, 0.05) is 45.5 Å². The maximum atomic E-state index is 13.6. The molecule has 0 aliphatic heterocycles. The molecule has 4 aromatic rings. The van der Waals surface area contributed by atoms with Gasteiger partial charge in [0.1, 0.15) is 17.3 Å². The van der Waals surface area contributed by atoms with Crippen molar-refractivity contribution in [3.63, 3.8) is 0 Å². The molecule has 2 aromatic carbocycles. The number of halogens is 1. The molecule has 2 heterocycles. The Labute approximate surface area is 198 Å². The molecule has 0 spiro atoms. The number of hydrogen-bond acceptors (Lipinski definition) is 8. The highest BCUT2D eigenvalue weighted by molar-refractivity contribution is 5.81. The number of ether oxygens (including phenoxy) is 1. The lowest BCUT2D eigenvalue weighted by Gasteiger charge is -2.24. The number of nitrogen functional groups attached to an aromatic ring is 1. The Hall–Kier alpha value is -3.92. The van der Waals surface area contributed by atoms with E-state index in [2.05, 4.69) is 30.1 Å². The summed E-state index contributed by atoms with van der Waals surface area (Å²) in [5.41, 5.74) is 10.5. The van der Waals surface area contributed by atoms with Gasteiger partial charge >= 0.3 is 0 Å². The summed E-state index contributed by atoms with van der Waals surface area (Å²) in [6.07, 6.45) is 1.64. The first-order valence-electron chi connectivity index (χ1n) is 10.8. The third-order valence-corrected chi connectivity index (χ3v) is 5.62. The highest BCUT2D eigenvalue weighted by atomic mass is 19.1. The van der Waals surface area contributed by atoms with Crippen molar-refractivity contribution in [3.8, 4) is 17.3 Å². The minimum atomic E-state index is -0.331. The molecule has 0 saturated heterocycles. The second-order valence-corrected chi connectivity index (χ2v) is 8.35. The van der Waals surface area contributed by atoms with Crippen LogP contribution in [0, 0.1) is 5.82 Å². The highest BCUT2D eigenvalue weighted by Gasteiger charge is 2.16. The van der Waals surface area contributed by atoms with Crippen LogP contribution in [-0.2, 0) is 7.05 Å². The van der Waals surface area contributed by atoms with Crippen molar-refractivity contribution in [2.75, 3.05) is 57.3 Å². The highest BCUT2D eigenvalue weighted by Crippen LogP contribution is 2.36. The maximum Gasteiger partial charge on any atom is 0.227 e. The first kappa shape index (κ1) is 23.2.